The summed E-state index contributed by atoms with van der Waals surface area (Å²) >= 11 is 0. The van der Waals surface area contributed by atoms with Gasteiger partial charge in [-0.15, -0.1) is 0 Å². The summed E-state index contributed by atoms with van der Waals surface area (Å²) < 4.78 is 26.3. The Morgan fingerprint density at radius 3 is 1.73 bits per heavy atom. The van der Waals surface area contributed by atoms with Gasteiger partial charge in [0.2, 0.25) is 0 Å². The molecule has 1 spiro atoms. The minimum absolute atomic E-state index is 0.109. The second-order valence-electron chi connectivity index (χ2n) is 9.43. The predicted octanol–water partition coefficient (Wildman–Crippen LogP) is 7.82. The summed E-state index contributed by atoms with van der Waals surface area (Å²) in [7, 11) is 0. The summed E-state index contributed by atoms with van der Waals surface area (Å²) in [6, 6.07) is 0.109. The van der Waals surface area contributed by atoms with Crippen molar-refractivity contribution in [2.45, 2.75) is 125 Å². The zero-order valence-electron chi connectivity index (χ0n) is 21.1. The van der Waals surface area contributed by atoms with E-state index in [1.165, 1.54) is 69.5 Å². The number of piperidine rings is 1. The maximum Gasteiger partial charge on any atom is 0.295 e. The quantitative estimate of drug-likeness (QED) is 0.396. The molecule has 0 unspecified atom stereocenters. The molecule has 3 rings (SSSR count). The number of nitrogens with zero attached hydrogens (tertiary/aromatic N) is 2. The maximum atomic E-state index is 13.2. The first-order valence-electron chi connectivity index (χ1n) is 13.3. The van der Waals surface area contributed by atoms with Crippen LogP contribution in [0.1, 0.15) is 112 Å². The first kappa shape index (κ1) is 27.8. The molecule has 0 radical (unpaired) electrons. The van der Waals surface area contributed by atoms with Crippen LogP contribution in [0.5, 0.6) is 0 Å². The Balaban J connectivity index is 0.00000106. The van der Waals surface area contributed by atoms with E-state index >= 15 is 0 Å². The first-order valence-corrected chi connectivity index (χ1v) is 13.3. The van der Waals surface area contributed by atoms with Crippen LogP contribution in [0.4, 0.5) is 8.78 Å². The fourth-order valence-corrected chi connectivity index (χ4v) is 6.00. The topological polar surface area (TPSA) is 6.48 Å². The van der Waals surface area contributed by atoms with Crippen LogP contribution in [-0.2, 0) is 0 Å². The lowest BCUT2D eigenvalue weighted by Crippen LogP contribution is -2.47. The van der Waals surface area contributed by atoms with E-state index in [4.69, 9.17) is 0 Å². The van der Waals surface area contributed by atoms with Crippen molar-refractivity contribution in [1.82, 2.24) is 9.80 Å². The number of hydrogen-bond acceptors (Lipinski definition) is 2. The lowest BCUT2D eigenvalue weighted by Gasteiger charge is -2.48. The molecule has 4 heteroatoms. The van der Waals surface area contributed by atoms with E-state index in [9.17, 15) is 8.78 Å². The molecule has 30 heavy (non-hydrogen) atoms. The first-order chi connectivity index (χ1) is 14.5. The van der Waals surface area contributed by atoms with Crippen molar-refractivity contribution in [3.8, 4) is 0 Å². The van der Waals surface area contributed by atoms with E-state index in [1.54, 1.807) is 0 Å². The largest absolute Gasteiger partial charge is 0.303 e. The fraction of sp³-hybridized carbons (Fsp3) is 1.00. The van der Waals surface area contributed by atoms with Crippen LogP contribution in [0, 0.1) is 17.3 Å². The summed E-state index contributed by atoms with van der Waals surface area (Å²) in [5.74, 6) is 1.91. The van der Waals surface area contributed by atoms with Gasteiger partial charge < -0.3 is 4.90 Å². The van der Waals surface area contributed by atoms with Gasteiger partial charge in [0.25, 0.3) is 6.55 Å². The Bertz CT molecular complexity index is 403. The molecule has 0 atom stereocenters. The van der Waals surface area contributed by atoms with Crippen LogP contribution in [0.25, 0.3) is 0 Å². The summed E-state index contributed by atoms with van der Waals surface area (Å²) in [5, 5.41) is 0. The third kappa shape index (κ3) is 8.04. The molecule has 1 heterocycles. The molecule has 3 aliphatic rings. The van der Waals surface area contributed by atoms with Crippen LogP contribution in [0.2, 0.25) is 0 Å². The molecule has 0 amide bonds. The van der Waals surface area contributed by atoms with Crippen molar-refractivity contribution in [3.05, 3.63) is 0 Å². The number of rotatable bonds is 6. The number of likely N-dealkylation sites (tertiary alicyclic amines) is 1. The van der Waals surface area contributed by atoms with Crippen LogP contribution in [0.15, 0.2) is 0 Å². The van der Waals surface area contributed by atoms with E-state index < -0.39 is 6.55 Å². The highest BCUT2D eigenvalue weighted by Gasteiger charge is 2.40. The Morgan fingerprint density at radius 2 is 1.30 bits per heavy atom. The highest BCUT2D eigenvalue weighted by molar-refractivity contribution is 4.93. The van der Waals surface area contributed by atoms with Gasteiger partial charge in [-0.05, 0) is 81.7 Å². The summed E-state index contributed by atoms with van der Waals surface area (Å²) in [5.41, 5.74) is 0.467. The van der Waals surface area contributed by atoms with Gasteiger partial charge >= 0.3 is 0 Å². The Morgan fingerprint density at radius 1 is 0.800 bits per heavy atom. The number of halogens is 2. The molecule has 1 aliphatic heterocycles. The molecule has 0 N–H and O–H groups in total. The van der Waals surface area contributed by atoms with Crippen LogP contribution >= 0.6 is 0 Å². The molecule has 2 aliphatic carbocycles. The Kier molecular flexibility index (Phi) is 13.7. The van der Waals surface area contributed by atoms with E-state index in [2.05, 4.69) is 11.8 Å². The maximum absolute atomic E-state index is 13.2. The van der Waals surface area contributed by atoms with Gasteiger partial charge in [-0.25, -0.2) is 4.90 Å². The molecule has 0 aromatic heterocycles. The smallest absolute Gasteiger partial charge is 0.295 e. The fourth-order valence-electron chi connectivity index (χ4n) is 6.00. The molecule has 2 saturated carbocycles. The third-order valence-electron chi connectivity index (χ3n) is 8.08. The molecular formula is C26H52F2N2. The van der Waals surface area contributed by atoms with Gasteiger partial charge in [0, 0.05) is 19.1 Å². The van der Waals surface area contributed by atoms with Crippen LogP contribution in [0.3, 0.4) is 0 Å². The summed E-state index contributed by atoms with van der Waals surface area (Å²) in [4.78, 5) is 4.13. The van der Waals surface area contributed by atoms with Crippen molar-refractivity contribution in [2.24, 2.45) is 17.3 Å². The van der Waals surface area contributed by atoms with E-state index in [0.717, 1.165) is 37.5 Å². The lowest BCUT2D eigenvalue weighted by atomic mass is 9.66. The molecular weight excluding hydrogens is 378 g/mol. The Labute approximate surface area is 187 Å². The van der Waals surface area contributed by atoms with Crippen molar-refractivity contribution in [1.29, 1.82) is 0 Å². The van der Waals surface area contributed by atoms with Gasteiger partial charge in [0.1, 0.15) is 0 Å². The summed E-state index contributed by atoms with van der Waals surface area (Å²) in [6.45, 7) is 14.2. The van der Waals surface area contributed by atoms with Crippen LogP contribution < -0.4 is 0 Å². The lowest BCUT2D eigenvalue weighted by molar-refractivity contribution is -0.0726. The second-order valence-corrected chi connectivity index (χ2v) is 9.43. The minimum Gasteiger partial charge on any atom is -0.303 e. The molecule has 3 fully saturated rings. The van der Waals surface area contributed by atoms with Crippen LogP contribution in [-0.4, -0.2) is 48.6 Å². The monoisotopic (exact) mass is 430 g/mol. The standard InChI is InChI=1S/C22H40F2N2.2C2H6/c1-3-18-5-7-19(8-6-18)17-25-15-13-22(14-16-25)11-9-20(10-12-22)26(4-2)21(23)24;2*1-2/h18-21H,3-17H2,1-2H3;2*1-2H3. The predicted molar refractivity (Wildman–Crippen MR) is 127 cm³/mol. The van der Waals surface area contributed by atoms with E-state index in [1.807, 2.05) is 34.6 Å². The molecule has 0 bridgehead atoms. The zero-order chi connectivity index (χ0) is 22.6. The SMILES string of the molecule is CC.CC.CCC1CCC(CN2CCC3(CCC(N(CC)C(F)F)CC3)CC2)CC1. The van der Waals surface area contributed by atoms with E-state index in [-0.39, 0.29) is 6.04 Å². The molecule has 180 valence electrons. The number of alkyl halides is 2. The minimum atomic E-state index is -2.29. The van der Waals surface area contributed by atoms with Crippen molar-refractivity contribution in [2.75, 3.05) is 26.2 Å². The summed E-state index contributed by atoms with van der Waals surface area (Å²) in [6.07, 6.45) is 14.0. The molecule has 0 aromatic carbocycles. The molecule has 0 aromatic rings. The van der Waals surface area contributed by atoms with Crippen molar-refractivity contribution in [3.63, 3.8) is 0 Å². The van der Waals surface area contributed by atoms with Gasteiger partial charge in [-0.2, -0.15) is 8.78 Å². The highest BCUT2D eigenvalue weighted by Crippen LogP contribution is 2.46. The normalized spacial score (nSPS) is 27.4. The Hall–Kier alpha value is -0.220. The van der Waals surface area contributed by atoms with Gasteiger partial charge in [0.15, 0.2) is 0 Å². The molecule has 2 nitrogen and oxygen atoms in total. The van der Waals surface area contributed by atoms with Crippen molar-refractivity contribution >= 4 is 0 Å². The molecule has 1 saturated heterocycles. The highest BCUT2D eigenvalue weighted by atomic mass is 19.3. The average Bonchev–Trinajstić information content (AvgIpc) is 2.80. The van der Waals surface area contributed by atoms with Gasteiger partial charge in [-0.3, -0.25) is 0 Å². The van der Waals surface area contributed by atoms with Crippen molar-refractivity contribution < 1.29 is 8.78 Å². The average molecular weight is 431 g/mol. The third-order valence-corrected chi connectivity index (χ3v) is 8.08. The zero-order valence-corrected chi connectivity index (χ0v) is 21.1. The van der Waals surface area contributed by atoms with Gasteiger partial charge in [0.05, 0.1) is 0 Å². The van der Waals surface area contributed by atoms with E-state index in [0.29, 0.717) is 12.0 Å². The number of hydrogen-bond donors (Lipinski definition) is 0. The van der Waals surface area contributed by atoms with Gasteiger partial charge in [-0.1, -0.05) is 60.8 Å². The second kappa shape index (κ2) is 14.8.